The first-order valence-electron chi connectivity index (χ1n) is 5.64. The molecule has 4 heteroatoms. The zero-order valence-corrected chi connectivity index (χ0v) is 9.75. The van der Waals surface area contributed by atoms with Crippen molar-refractivity contribution in [1.29, 1.82) is 5.26 Å². The van der Waals surface area contributed by atoms with E-state index in [0.717, 1.165) is 39.0 Å². The van der Waals surface area contributed by atoms with Crippen LogP contribution in [0.3, 0.4) is 0 Å². The topological polar surface area (TPSA) is 48.3 Å². The molecule has 86 valence electrons. The van der Waals surface area contributed by atoms with Crippen molar-refractivity contribution < 1.29 is 4.74 Å². The van der Waals surface area contributed by atoms with Gasteiger partial charge in [0, 0.05) is 26.7 Å². The molecule has 0 atom stereocenters. The second-order valence-electron chi connectivity index (χ2n) is 4.05. The number of rotatable bonds is 5. The number of hydrogen-bond donors (Lipinski definition) is 1. The van der Waals surface area contributed by atoms with Gasteiger partial charge in [-0.1, -0.05) is 6.92 Å². The Hall–Kier alpha value is -0.630. The van der Waals surface area contributed by atoms with Crippen LogP contribution in [0.25, 0.3) is 0 Å². The third-order valence-electron chi connectivity index (χ3n) is 3.14. The number of piperidine rings is 1. The molecule has 0 aromatic carbocycles. The van der Waals surface area contributed by atoms with Gasteiger partial charge in [0.15, 0.2) is 0 Å². The third-order valence-corrected chi connectivity index (χ3v) is 3.14. The van der Waals surface area contributed by atoms with Gasteiger partial charge < -0.3 is 9.64 Å². The Morgan fingerprint density at radius 3 is 2.60 bits per heavy atom. The normalized spacial score (nSPS) is 21.1. The molecule has 0 radical (unpaired) electrons. The summed E-state index contributed by atoms with van der Waals surface area (Å²) in [5, 5.41) is 12.5. The Kier molecular flexibility index (Phi) is 5.03. The molecule has 0 aromatic rings. The fourth-order valence-electron chi connectivity index (χ4n) is 1.97. The average Bonchev–Trinajstić information content (AvgIpc) is 2.30. The number of nitriles is 1. The standard InChI is InChI=1S/C11H21N3O/c1-3-14-7-4-11(10-12,5-8-14)13-6-9-15-2/h13H,3-9H2,1-2H3. The van der Waals surface area contributed by atoms with Gasteiger partial charge in [-0.15, -0.1) is 0 Å². The molecule has 0 aromatic heterocycles. The number of likely N-dealkylation sites (tertiary alicyclic amines) is 1. The lowest BCUT2D eigenvalue weighted by Gasteiger charge is -2.37. The highest BCUT2D eigenvalue weighted by atomic mass is 16.5. The SMILES string of the molecule is CCN1CCC(C#N)(NCCOC)CC1. The molecule has 0 bridgehead atoms. The highest BCUT2D eigenvalue weighted by Gasteiger charge is 2.33. The van der Waals surface area contributed by atoms with Gasteiger partial charge in [0.2, 0.25) is 0 Å². The Morgan fingerprint density at radius 1 is 1.47 bits per heavy atom. The van der Waals surface area contributed by atoms with E-state index < -0.39 is 0 Å². The first kappa shape index (κ1) is 12.4. The van der Waals surface area contributed by atoms with Crippen LogP contribution < -0.4 is 5.32 Å². The summed E-state index contributed by atoms with van der Waals surface area (Å²) in [6.07, 6.45) is 1.84. The average molecular weight is 211 g/mol. The van der Waals surface area contributed by atoms with E-state index in [-0.39, 0.29) is 5.54 Å². The largest absolute Gasteiger partial charge is 0.383 e. The van der Waals surface area contributed by atoms with Crippen molar-refractivity contribution in [2.24, 2.45) is 0 Å². The summed E-state index contributed by atoms with van der Waals surface area (Å²) in [7, 11) is 1.68. The van der Waals surface area contributed by atoms with Crippen molar-refractivity contribution in [1.82, 2.24) is 10.2 Å². The van der Waals surface area contributed by atoms with Crippen LogP contribution in [0.4, 0.5) is 0 Å². The van der Waals surface area contributed by atoms with Gasteiger partial charge in [0.05, 0.1) is 12.7 Å². The molecule has 1 aliphatic rings. The second kappa shape index (κ2) is 6.06. The third kappa shape index (κ3) is 3.45. The summed E-state index contributed by atoms with van der Waals surface area (Å²) >= 11 is 0. The molecule has 0 amide bonds. The molecule has 0 spiro atoms. The molecular formula is C11H21N3O. The maximum atomic E-state index is 9.23. The van der Waals surface area contributed by atoms with Crippen LogP contribution >= 0.6 is 0 Å². The Labute approximate surface area is 92.2 Å². The van der Waals surface area contributed by atoms with Crippen molar-refractivity contribution in [2.75, 3.05) is 39.9 Å². The van der Waals surface area contributed by atoms with Crippen molar-refractivity contribution in [3.8, 4) is 6.07 Å². The summed E-state index contributed by atoms with van der Waals surface area (Å²) in [5.74, 6) is 0. The van der Waals surface area contributed by atoms with Crippen LogP contribution in [0.1, 0.15) is 19.8 Å². The van der Waals surface area contributed by atoms with Crippen LogP contribution in [-0.4, -0.2) is 50.3 Å². The molecule has 1 fully saturated rings. The predicted molar refractivity (Wildman–Crippen MR) is 59.6 cm³/mol. The number of nitrogens with one attached hydrogen (secondary N) is 1. The second-order valence-corrected chi connectivity index (χ2v) is 4.05. The van der Waals surface area contributed by atoms with Gasteiger partial charge in [-0.2, -0.15) is 5.26 Å². The van der Waals surface area contributed by atoms with Crippen molar-refractivity contribution >= 4 is 0 Å². The molecule has 0 unspecified atom stereocenters. The van der Waals surface area contributed by atoms with Crippen molar-refractivity contribution in [3.63, 3.8) is 0 Å². The van der Waals surface area contributed by atoms with Gasteiger partial charge in [-0.05, 0) is 19.4 Å². The van der Waals surface area contributed by atoms with E-state index in [2.05, 4.69) is 23.2 Å². The minimum absolute atomic E-state index is 0.315. The summed E-state index contributed by atoms with van der Waals surface area (Å²) in [5.41, 5.74) is -0.315. The maximum Gasteiger partial charge on any atom is 0.109 e. The van der Waals surface area contributed by atoms with E-state index in [0.29, 0.717) is 6.61 Å². The van der Waals surface area contributed by atoms with E-state index in [4.69, 9.17) is 4.74 Å². The summed E-state index contributed by atoms with van der Waals surface area (Å²) < 4.78 is 4.98. The number of ether oxygens (including phenoxy) is 1. The van der Waals surface area contributed by atoms with E-state index in [1.165, 1.54) is 0 Å². The highest BCUT2D eigenvalue weighted by Crippen LogP contribution is 2.21. The molecule has 1 heterocycles. The molecule has 1 N–H and O–H groups in total. The van der Waals surface area contributed by atoms with E-state index in [1.807, 2.05) is 0 Å². The monoisotopic (exact) mass is 211 g/mol. The van der Waals surface area contributed by atoms with Crippen molar-refractivity contribution in [3.05, 3.63) is 0 Å². The molecular weight excluding hydrogens is 190 g/mol. The van der Waals surface area contributed by atoms with Gasteiger partial charge in [-0.25, -0.2) is 0 Å². The lowest BCUT2D eigenvalue weighted by atomic mass is 9.89. The molecule has 15 heavy (non-hydrogen) atoms. The number of hydrogen-bond acceptors (Lipinski definition) is 4. The summed E-state index contributed by atoms with van der Waals surface area (Å²) in [4.78, 5) is 2.38. The van der Waals surface area contributed by atoms with E-state index >= 15 is 0 Å². The fraction of sp³-hybridized carbons (Fsp3) is 0.909. The van der Waals surface area contributed by atoms with Crippen LogP contribution in [0.5, 0.6) is 0 Å². The number of methoxy groups -OCH3 is 1. The summed E-state index contributed by atoms with van der Waals surface area (Å²) in [6, 6.07) is 2.43. The molecule has 1 rings (SSSR count). The Bertz CT molecular complexity index is 211. The lowest BCUT2D eigenvalue weighted by molar-refractivity contribution is 0.152. The van der Waals surface area contributed by atoms with Gasteiger partial charge in [0.1, 0.15) is 5.54 Å². The summed E-state index contributed by atoms with van der Waals surface area (Å²) in [6.45, 7) is 6.71. The van der Waals surface area contributed by atoms with Crippen LogP contribution in [0.15, 0.2) is 0 Å². The fourth-order valence-corrected chi connectivity index (χ4v) is 1.97. The smallest absolute Gasteiger partial charge is 0.109 e. The molecule has 1 aliphatic heterocycles. The minimum Gasteiger partial charge on any atom is -0.383 e. The van der Waals surface area contributed by atoms with Crippen LogP contribution in [-0.2, 0) is 4.74 Å². The molecule has 0 saturated carbocycles. The zero-order valence-electron chi connectivity index (χ0n) is 9.75. The van der Waals surface area contributed by atoms with E-state index in [9.17, 15) is 5.26 Å². The first-order valence-corrected chi connectivity index (χ1v) is 5.64. The predicted octanol–water partition coefficient (Wildman–Crippen LogP) is 0.600. The Morgan fingerprint density at radius 2 is 2.13 bits per heavy atom. The molecule has 0 aliphatic carbocycles. The first-order chi connectivity index (χ1) is 7.26. The zero-order chi connectivity index (χ0) is 11.1. The van der Waals surface area contributed by atoms with Crippen LogP contribution in [0, 0.1) is 11.3 Å². The van der Waals surface area contributed by atoms with E-state index in [1.54, 1.807) is 7.11 Å². The minimum atomic E-state index is -0.315. The number of nitrogens with zero attached hydrogens (tertiary/aromatic N) is 2. The Balaban J connectivity index is 2.39. The van der Waals surface area contributed by atoms with Gasteiger partial charge >= 0.3 is 0 Å². The van der Waals surface area contributed by atoms with Crippen molar-refractivity contribution in [2.45, 2.75) is 25.3 Å². The lowest BCUT2D eigenvalue weighted by Crippen LogP contribution is -2.53. The van der Waals surface area contributed by atoms with Gasteiger partial charge in [-0.3, -0.25) is 5.32 Å². The van der Waals surface area contributed by atoms with Gasteiger partial charge in [0.25, 0.3) is 0 Å². The van der Waals surface area contributed by atoms with Crippen LogP contribution in [0.2, 0.25) is 0 Å². The molecule has 1 saturated heterocycles. The molecule has 4 nitrogen and oxygen atoms in total. The quantitative estimate of drug-likeness (QED) is 0.677. The maximum absolute atomic E-state index is 9.23. The highest BCUT2D eigenvalue weighted by molar-refractivity contribution is 5.09.